The van der Waals surface area contributed by atoms with Gasteiger partial charge in [0.25, 0.3) is 11.6 Å². The summed E-state index contributed by atoms with van der Waals surface area (Å²) in [7, 11) is 0. The molecule has 0 atom stereocenters. The van der Waals surface area contributed by atoms with Crippen LogP contribution in [0.3, 0.4) is 0 Å². The summed E-state index contributed by atoms with van der Waals surface area (Å²) in [6, 6.07) is 9.87. The fraction of sp³-hybridized carbons (Fsp3) is 0. The molecule has 1 N–H and O–H groups in total. The molecule has 0 aliphatic rings. The molecular formula is C14H9ClN2O4. The van der Waals surface area contributed by atoms with Crippen LogP contribution >= 0.6 is 11.6 Å². The number of benzene rings is 2. The van der Waals surface area contributed by atoms with Gasteiger partial charge in [-0.1, -0.05) is 23.7 Å². The minimum Gasteiger partial charge on any atom is -0.322 e. The highest BCUT2D eigenvalue weighted by Crippen LogP contribution is 2.23. The molecule has 0 unspecified atom stereocenters. The van der Waals surface area contributed by atoms with Gasteiger partial charge in [-0.05, 0) is 18.2 Å². The Morgan fingerprint density at radius 1 is 1.24 bits per heavy atom. The van der Waals surface area contributed by atoms with Crippen LogP contribution in [0.4, 0.5) is 11.4 Å². The van der Waals surface area contributed by atoms with Gasteiger partial charge >= 0.3 is 0 Å². The number of nitrogens with one attached hydrogen (secondary N) is 1. The Labute approximate surface area is 124 Å². The number of hydrogen-bond donors (Lipinski definition) is 1. The molecular weight excluding hydrogens is 296 g/mol. The summed E-state index contributed by atoms with van der Waals surface area (Å²) in [6.07, 6.45) is 0.649. The average molecular weight is 305 g/mol. The Balaban J connectivity index is 2.29. The minimum atomic E-state index is -0.611. The molecule has 0 heterocycles. The molecule has 0 bridgehead atoms. The second-order valence-corrected chi connectivity index (χ2v) is 4.53. The Kier molecular flexibility index (Phi) is 4.30. The Morgan fingerprint density at radius 3 is 2.67 bits per heavy atom. The van der Waals surface area contributed by atoms with Crippen LogP contribution in [0.5, 0.6) is 0 Å². The number of carbonyl (C=O) groups excluding carboxylic acids is 2. The predicted octanol–water partition coefficient (Wildman–Crippen LogP) is 3.31. The first-order valence-corrected chi connectivity index (χ1v) is 6.19. The second-order valence-electron chi connectivity index (χ2n) is 4.12. The quantitative estimate of drug-likeness (QED) is 0.533. The number of nitro benzene ring substituents is 1. The first kappa shape index (κ1) is 14.7. The van der Waals surface area contributed by atoms with Crippen LogP contribution in [0.15, 0.2) is 42.5 Å². The lowest BCUT2D eigenvalue weighted by Crippen LogP contribution is -2.13. The third-order valence-electron chi connectivity index (χ3n) is 2.69. The van der Waals surface area contributed by atoms with E-state index in [1.807, 2.05) is 0 Å². The van der Waals surface area contributed by atoms with E-state index in [1.54, 1.807) is 18.2 Å². The highest BCUT2D eigenvalue weighted by Gasteiger charge is 2.16. The number of anilines is 1. The molecule has 0 aliphatic heterocycles. The van der Waals surface area contributed by atoms with Crippen molar-refractivity contribution in [3.63, 3.8) is 0 Å². The molecule has 2 aromatic rings. The predicted molar refractivity (Wildman–Crippen MR) is 77.9 cm³/mol. The summed E-state index contributed by atoms with van der Waals surface area (Å²) < 4.78 is 0. The van der Waals surface area contributed by atoms with Crippen LogP contribution in [-0.2, 0) is 0 Å². The second kappa shape index (κ2) is 6.15. The maximum absolute atomic E-state index is 12.1. The van der Waals surface area contributed by atoms with E-state index in [0.29, 0.717) is 17.5 Å². The highest BCUT2D eigenvalue weighted by molar-refractivity contribution is 6.34. The molecule has 21 heavy (non-hydrogen) atoms. The Bertz CT molecular complexity index is 731. The van der Waals surface area contributed by atoms with Gasteiger partial charge in [-0.25, -0.2) is 0 Å². The fourth-order valence-electron chi connectivity index (χ4n) is 1.69. The van der Waals surface area contributed by atoms with Crippen molar-refractivity contribution < 1.29 is 14.5 Å². The van der Waals surface area contributed by atoms with Gasteiger partial charge in [-0.15, -0.1) is 0 Å². The number of hydrogen-bond acceptors (Lipinski definition) is 4. The van der Waals surface area contributed by atoms with E-state index in [9.17, 15) is 19.7 Å². The minimum absolute atomic E-state index is 0.0117. The molecule has 7 heteroatoms. The van der Waals surface area contributed by atoms with Crippen LogP contribution in [0, 0.1) is 10.1 Å². The average Bonchev–Trinajstić information content (AvgIpc) is 2.47. The van der Waals surface area contributed by atoms with Crippen molar-refractivity contribution >= 4 is 35.2 Å². The van der Waals surface area contributed by atoms with Gasteiger partial charge in [0.15, 0.2) is 0 Å². The number of aldehydes is 1. The van der Waals surface area contributed by atoms with E-state index in [2.05, 4.69) is 5.32 Å². The van der Waals surface area contributed by atoms with Gasteiger partial charge in [0.05, 0.1) is 15.5 Å². The molecule has 0 aliphatic carbocycles. The first-order chi connectivity index (χ1) is 10.0. The zero-order valence-electron chi connectivity index (χ0n) is 10.6. The largest absolute Gasteiger partial charge is 0.322 e. The van der Waals surface area contributed by atoms with E-state index < -0.39 is 10.8 Å². The van der Waals surface area contributed by atoms with Crippen LogP contribution < -0.4 is 5.32 Å². The number of non-ortho nitro benzene ring substituents is 1. The van der Waals surface area contributed by atoms with E-state index in [-0.39, 0.29) is 16.3 Å². The van der Waals surface area contributed by atoms with Crippen molar-refractivity contribution in [3.05, 3.63) is 68.7 Å². The number of nitro groups is 1. The number of amides is 1. The molecule has 106 valence electrons. The Morgan fingerprint density at radius 2 is 2.00 bits per heavy atom. The van der Waals surface area contributed by atoms with Crippen LogP contribution in [0.2, 0.25) is 5.02 Å². The molecule has 0 saturated heterocycles. The van der Waals surface area contributed by atoms with Crippen LogP contribution in [0.1, 0.15) is 20.7 Å². The van der Waals surface area contributed by atoms with E-state index in [0.717, 1.165) is 6.07 Å². The van der Waals surface area contributed by atoms with E-state index >= 15 is 0 Å². The smallest absolute Gasteiger partial charge is 0.270 e. The van der Waals surface area contributed by atoms with Crippen molar-refractivity contribution in [2.24, 2.45) is 0 Å². The SMILES string of the molecule is O=Cc1cccc(NC(=O)c2cc([N+](=O)[O-])ccc2Cl)c1. The molecule has 2 aromatic carbocycles. The van der Waals surface area contributed by atoms with E-state index in [4.69, 9.17) is 11.6 Å². The van der Waals surface area contributed by atoms with Gasteiger partial charge < -0.3 is 5.32 Å². The standard InChI is InChI=1S/C14H9ClN2O4/c15-13-5-4-11(17(20)21)7-12(13)14(19)16-10-3-1-2-9(6-10)8-18/h1-8H,(H,16,19). The molecule has 0 saturated carbocycles. The number of halogens is 1. The normalized spacial score (nSPS) is 9.95. The molecule has 0 aromatic heterocycles. The molecule has 1 amide bonds. The van der Waals surface area contributed by atoms with Crippen molar-refractivity contribution in [2.45, 2.75) is 0 Å². The molecule has 0 spiro atoms. The van der Waals surface area contributed by atoms with Crippen molar-refractivity contribution in [3.8, 4) is 0 Å². The summed E-state index contributed by atoms with van der Waals surface area (Å²) in [5, 5.41) is 13.4. The number of rotatable bonds is 4. The lowest BCUT2D eigenvalue weighted by molar-refractivity contribution is -0.384. The van der Waals surface area contributed by atoms with Gasteiger partial charge in [-0.3, -0.25) is 19.7 Å². The fourth-order valence-corrected chi connectivity index (χ4v) is 1.89. The monoisotopic (exact) mass is 304 g/mol. The maximum atomic E-state index is 12.1. The maximum Gasteiger partial charge on any atom is 0.270 e. The summed E-state index contributed by atoms with van der Waals surface area (Å²) in [5.41, 5.74) is 0.554. The third-order valence-corrected chi connectivity index (χ3v) is 3.02. The van der Waals surface area contributed by atoms with Gasteiger partial charge in [0, 0.05) is 23.4 Å². The van der Waals surface area contributed by atoms with Crippen molar-refractivity contribution in [1.29, 1.82) is 0 Å². The van der Waals surface area contributed by atoms with Crippen molar-refractivity contribution in [2.75, 3.05) is 5.32 Å². The van der Waals surface area contributed by atoms with Gasteiger partial charge in [0.1, 0.15) is 6.29 Å². The van der Waals surface area contributed by atoms with Gasteiger partial charge in [-0.2, -0.15) is 0 Å². The van der Waals surface area contributed by atoms with Crippen LogP contribution in [0.25, 0.3) is 0 Å². The Hall–Kier alpha value is -2.73. The summed E-state index contributed by atoms with van der Waals surface area (Å²) in [5.74, 6) is -0.591. The molecule has 2 rings (SSSR count). The highest BCUT2D eigenvalue weighted by atomic mass is 35.5. The summed E-state index contributed by atoms with van der Waals surface area (Å²) in [4.78, 5) is 32.9. The summed E-state index contributed by atoms with van der Waals surface area (Å²) in [6.45, 7) is 0. The number of nitrogens with zero attached hydrogens (tertiary/aromatic N) is 1. The van der Waals surface area contributed by atoms with Crippen molar-refractivity contribution in [1.82, 2.24) is 0 Å². The molecule has 6 nitrogen and oxygen atoms in total. The third kappa shape index (κ3) is 3.43. The lowest BCUT2D eigenvalue weighted by Gasteiger charge is -2.07. The zero-order chi connectivity index (χ0) is 15.4. The topological polar surface area (TPSA) is 89.3 Å². The molecule has 0 radical (unpaired) electrons. The van der Waals surface area contributed by atoms with Crippen LogP contribution in [-0.4, -0.2) is 17.1 Å². The zero-order valence-corrected chi connectivity index (χ0v) is 11.3. The number of carbonyl (C=O) groups is 2. The van der Waals surface area contributed by atoms with E-state index in [1.165, 1.54) is 18.2 Å². The molecule has 0 fully saturated rings. The summed E-state index contributed by atoms with van der Waals surface area (Å²) >= 11 is 5.88. The first-order valence-electron chi connectivity index (χ1n) is 5.82. The van der Waals surface area contributed by atoms with Gasteiger partial charge in [0.2, 0.25) is 0 Å². The lowest BCUT2D eigenvalue weighted by atomic mass is 10.1.